The lowest BCUT2D eigenvalue weighted by molar-refractivity contribution is 0.405. The van der Waals surface area contributed by atoms with E-state index in [1.165, 1.54) is 44.9 Å². The molecular weight excluding hydrogens is 182 g/mol. The second-order valence-corrected chi connectivity index (χ2v) is 5.05. The Labute approximate surface area is 95.3 Å². The van der Waals surface area contributed by atoms with Crippen molar-refractivity contribution in [3.8, 4) is 0 Å². The van der Waals surface area contributed by atoms with Crippen molar-refractivity contribution in [2.45, 2.75) is 64.8 Å². The molecule has 1 N–H and O–H groups in total. The predicted molar refractivity (Wildman–Crippen MR) is 68.1 cm³/mol. The zero-order chi connectivity index (χ0) is 11.1. The van der Waals surface area contributed by atoms with Crippen molar-refractivity contribution in [1.82, 2.24) is 5.32 Å². The highest BCUT2D eigenvalue weighted by atomic mass is 14.9. The predicted octanol–water partition coefficient (Wildman–Crippen LogP) is 3.90. The molecule has 0 amide bonds. The normalized spacial score (nSPS) is 20.9. The summed E-state index contributed by atoms with van der Waals surface area (Å²) in [6.45, 7) is 4.65. The summed E-state index contributed by atoms with van der Waals surface area (Å²) >= 11 is 0. The molecule has 1 rings (SSSR count). The number of nitrogens with one attached hydrogen (secondary N) is 1. The summed E-state index contributed by atoms with van der Waals surface area (Å²) in [5.74, 6) is 0.853. The van der Waals surface area contributed by atoms with Crippen LogP contribution in [0.25, 0.3) is 0 Å². The highest BCUT2D eigenvalue weighted by Crippen LogP contribution is 2.23. The molecule has 1 aliphatic rings. The molecule has 1 heteroatoms. The third kappa shape index (κ3) is 4.83. The van der Waals surface area contributed by atoms with Crippen LogP contribution in [0.15, 0.2) is 11.6 Å². The molecule has 2 unspecified atom stereocenters. The van der Waals surface area contributed by atoms with E-state index in [1.807, 2.05) is 0 Å². The van der Waals surface area contributed by atoms with E-state index < -0.39 is 0 Å². The molecule has 0 fully saturated rings. The summed E-state index contributed by atoms with van der Waals surface area (Å²) in [5, 5.41) is 3.47. The van der Waals surface area contributed by atoms with Gasteiger partial charge in [-0.05, 0) is 51.5 Å². The lowest BCUT2D eigenvalue weighted by atomic mass is 9.90. The SMILES string of the molecule is CCC(C)CC(CC1=CCCCC1)NC. The van der Waals surface area contributed by atoms with Gasteiger partial charge in [0.05, 0.1) is 0 Å². The van der Waals surface area contributed by atoms with E-state index in [2.05, 4.69) is 32.3 Å². The second kappa shape index (κ2) is 7.05. The Bertz CT molecular complexity index is 196. The summed E-state index contributed by atoms with van der Waals surface area (Å²) in [6.07, 6.45) is 11.9. The van der Waals surface area contributed by atoms with Crippen molar-refractivity contribution >= 4 is 0 Å². The molecule has 1 aliphatic carbocycles. The Morgan fingerprint density at radius 3 is 2.73 bits per heavy atom. The van der Waals surface area contributed by atoms with Crippen LogP contribution in [0.5, 0.6) is 0 Å². The molecule has 0 bridgehead atoms. The molecule has 0 saturated heterocycles. The van der Waals surface area contributed by atoms with Crippen molar-refractivity contribution in [3.05, 3.63) is 11.6 Å². The Kier molecular flexibility index (Phi) is 6.00. The average Bonchev–Trinajstić information content (AvgIpc) is 2.29. The van der Waals surface area contributed by atoms with E-state index in [9.17, 15) is 0 Å². The molecule has 1 nitrogen and oxygen atoms in total. The number of hydrogen-bond donors (Lipinski definition) is 1. The Hall–Kier alpha value is -0.300. The maximum absolute atomic E-state index is 3.47. The molecule has 2 atom stereocenters. The Morgan fingerprint density at radius 2 is 2.20 bits per heavy atom. The van der Waals surface area contributed by atoms with Gasteiger partial charge in [-0.15, -0.1) is 0 Å². The molecular formula is C14H27N. The van der Waals surface area contributed by atoms with Crippen LogP contribution in [0.4, 0.5) is 0 Å². The van der Waals surface area contributed by atoms with Crippen LogP contribution in [0.2, 0.25) is 0 Å². The molecule has 0 radical (unpaired) electrons. The van der Waals surface area contributed by atoms with Crippen LogP contribution in [0, 0.1) is 5.92 Å². The molecule has 0 aromatic carbocycles. The molecule has 0 saturated carbocycles. The maximum Gasteiger partial charge on any atom is 0.0104 e. The van der Waals surface area contributed by atoms with Crippen molar-refractivity contribution in [3.63, 3.8) is 0 Å². The van der Waals surface area contributed by atoms with E-state index in [1.54, 1.807) is 5.57 Å². The molecule has 15 heavy (non-hydrogen) atoms. The van der Waals surface area contributed by atoms with Crippen molar-refractivity contribution < 1.29 is 0 Å². The average molecular weight is 209 g/mol. The van der Waals surface area contributed by atoms with E-state index >= 15 is 0 Å². The molecule has 0 heterocycles. The van der Waals surface area contributed by atoms with E-state index in [0.29, 0.717) is 6.04 Å². The quantitative estimate of drug-likeness (QED) is 0.654. The van der Waals surface area contributed by atoms with Gasteiger partial charge in [-0.2, -0.15) is 0 Å². The van der Waals surface area contributed by atoms with E-state index in [-0.39, 0.29) is 0 Å². The summed E-state index contributed by atoms with van der Waals surface area (Å²) in [7, 11) is 2.11. The Morgan fingerprint density at radius 1 is 1.40 bits per heavy atom. The van der Waals surface area contributed by atoms with Gasteiger partial charge in [0.25, 0.3) is 0 Å². The zero-order valence-electron chi connectivity index (χ0n) is 10.7. The molecule has 0 spiro atoms. The zero-order valence-corrected chi connectivity index (χ0v) is 10.7. The van der Waals surface area contributed by atoms with Crippen molar-refractivity contribution in [2.75, 3.05) is 7.05 Å². The molecule has 0 aromatic heterocycles. The number of allylic oxidation sites excluding steroid dienone is 1. The van der Waals surface area contributed by atoms with Gasteiger partial charge in [0.15, 0.2) is 0 Å². The Balaban J connectivity index is 2.35. The van der Waals surface area contributed by atoms with Crippen molar-refractivity contribution in [1.29, 1.82) is 0 Å². The summed E-state index contributed by atoms with van der Waals surface area (Å²) in [5.41, 5.74) is 1.70. The van der Waals surface area contributed by atoms with E-state index in [4.69, 9.17) is 0 Å². The third-order valence-corrected chi connectivity index (χ3v) is 3.69. The van der Waals surface area contributed by atoms with Gasteiger partial charge < -0.3 is 5.32 Å². The van der Waals surface area contributed by atoms with Gasteiger partial charge in [-0.1, -0.05) is 31.9 Å². The van der Waals surface area contributed by atoms with Gasteiger partial charge in [0.1, 0.15) is 0 Å². The smallest absolute Gasteiger partial charge is 0.0104 e. The van der Waals surface area contributed by atoms with Crippen LogP contribution in [-0.4, -0.2) is 13.1 Å². The number of rotatable bonds is 6. The molecule has 0 aliphatic heterocycles. The van der Waals surface area contributed by atoms with Crippen LogP contribution >= 0.6 is 0 Å². The monoisotopic (exact) mass is 209 g/mol. The van der Waals surface area contributed by atoms with Crippen LogP contribution < -0.4 is 5.32 Å². The fourth-order valence-electron chi connectivity index (χ4n) is 2.36. The van der Waals surface area contributed by atoms with Gasteiger partial charge in [0, 0.05) is 6.04 Å². The maximum atomic E-state index is 3.47. The highest BCUT2D eigenvalue weighted by molar-refractivity contribution is 5.07. The van der Waals surface area contributed by atoms with Crippen LogP contribution in [-0.2, 0) is 0 Å². The third-order valence-electron chi connectivity index (χ3n) is 3.69. The van der Waals surface area contributed by atoms with Gasteiger partial charge >= 0.3 is 0 Å². The second-order valence-electron chi connectivity index (χ2n) is 5.05. The van der Waals surface area contributed by atoms with Gasteiger partial charge in [-0.3, -0.25) is 0 Å². The topological polar surface area (TPSA) is 12.0 Å². The first-order valence-corrected chi connectivity index (χ1v) is 6.61. The number of hydrogen-bond acceptors (Lipinski definition) is 1. The fraction of sp³-hybridized carbons (Fsp3) is 0.857. The first-order chi connectivity index (χ1) is 7.26. The minimum Gasteiger partial charge on any atom is -0.317 e. The standard InChI is InChI=1S/C14H27N/c1-4-12(2)10-14(15-3)11-13-8-6-5-7-9-13/h8,12,14-15H,4-7,9-11H2,1-3H3. The minimum absolute atomic E-state index is 0.698. The summed E-state index contributed by atoms with van der Waals surface area (Å²) < 4.78 is 0. The fourth-order valence-corrected chi connectivity index (χ4v) is 2.36. The lowest BCUT2D eigenvalue weighted by Gasteiger charge is -2.22. The highest BCUT2D eigenvalue weighted by Gasteiger charge is 2.13. The van der Waals surface area contributed by atoms with Crippen molar-refractivity contribution in [2.24, 2.45) is 5.92 Å². The minimum atomic E-state index is 0.698. The summed E-state index contributed by atoms with van der Waals surface area (Å²) in [4.78, 5) is 0. The van der Waals surface area contributed by atoms with Gasteiger partial charge in [0.2, 0.25) is 0 Å². The lowest BCUT2D eigenvalue weighted by Crippen LogP contribution is -2.28. The first kappa shape index (κ1) is 12.8. The van der Waals surface area contributed by atoms with Crippen LogP contribution in [0.1, 0.15) is 58.8 Å². The molecule has 0 aromatic rings. The first-order valence-electron chi connectivity index (χ1n) is 6.61. The van der Waals surface area contributed by atoms with Crippen LogP contribution in [0.3, 0.4) is 0 Å². The largest absolute Gasteiger partial charge is 0.317 e. The summed E-state index contributed by atoms with van der Waals surface area (Å²) in [6, 6.07) is 0.698. The van der Waals surface area contributed by atoms with E-state index in [0.717, 1.165) is 5.92 Å². The van der Waals surface area contributed by atoms with Gasteiger partial charge in [-0.25, -0.2) is 0 Å². The molecule has 88 valence electrons.